The van der Waals surface area contributed by atoms with E-state index >= 15 is 0 Å². The van der Waals surface area contributed by atoms with Crippen molar-refractivity contribution in [1.29, 1.82) is 5.26 Å². The third kappa shape index (κ3) is 1.74. The summed E-state index contributed by atoms with van der Waals surface area (Å²) < 4.78 is 5.28. The molecule has 2 heterocycles. The molecule has 0 saturated carbocycles. The van der Waals surface area contributed by atoms with Crippen LogP contribution in [0.15, 0.2) is 33.5 Å². The monoisotopic (exact) mass is 225 g/mol. The third-order valence-electron chi connectivity index (χ3n) is 2.93. The van der Waals surface area contributed by atoms with E-state index in [4.69, 9.17) is 16.3 Å². The van der Waals surface area contributed by atoms with Crippen LogP contribution in [0.2, 0.25) is 0 Å². The van der Waals surface area contributed by atoms with Gasteiger partial charge in [-0.15, -0.1) is 0 Å². The number of furan rings is 1. The lowest BCUT2D eigenvalue weighted by Crippen LogP contribution is -2.23. The third-order valence-corrected chi connectivity index (χ3v) is 2.93. The van der Waals surface area contributed by atoms with Crippen LogP contribution in [0.1, 0.15) is 19.6 Å². The quantitative estimate of drug-likeness (QED) is 0.689. The van der Waals surface area contributed by atoms with Gasteiger partial charge < -0.3 is 4.42 Å². The maximum atomic E-state index is 9.08. The van der Waals surface area contributed by atoms with Gasteiger partial charge in [-0.2, -0.15) is 5.26 Å². The van der Waals surface area contributed by atoms with Gasteiger partial charge in [0.1, 0.15) is 11.5 Å². The second kappa shape index (κ2) is 4.27. The minimum atomic E-state index is -0.321. The van der Waals surface area contributed by atoms with Crippen LogP contribution < -0.4 is 0 Å². The fraction of sp³-hybridized carbons (Fsp3) is 0.308. The average Bonchev–Trinajstić information content (AvgIpc) is 2.82. The minimum Gasteiger partial charge on any atom is -0.464 e. The Morgan fingerprint density at radius 1 is 1.59 bits per heavy atom. The van der Waals surface area contributed by atoms with Gasteiger partial charge in [-0.1, -0.05) is 6.92 Å². The summed E-state index contributed by atoms with van der Waals surface area (Å²) in [6.45, 7) is 10.9. The largest absolute Gasteiger partial charge is 0.464 e. The lowest BCUT2D eigenvalue weighted by molar-refractivity contribution is 0.545. The maximum absolute atomic E-state index is 9.08. The van der Waals surface area contributed by atoms with Crippen LogP contribution in [0.5, 0.6) is 0 Å². The molecule has 84 valence electrons. The molecular formula is C13H11N3O. The highest BCUT2D eigenvalue weighted by Gasteiger charge is 2.31. The molecule has 0 saturated heterocycles. The molecule has 1 unspecified atom stereocenters. The summed E-state index contributed by atoms with van der Waals surface area (Å²) in [6.07, 6.45) is 1.55. The highest BCUT2D eigenvalue weighted by Crippen LogP contribution is 2.35. The summed E-state index contributed by atoms with van der Waals surface area (Å²) in [5.41, 5.74) is 1.79. The highest BCUT2D eigenvalue weighted by molar-refractivity contribution is 5.94. The van der Waals surface area contributed by atoms with Gasteiger partial charge in [0.2, 0.25) is 0 Å². The molecule has 1 aliphatic rings. The number of allylic oxidation sites excluding steroid dienone is 1. The van der Waals surface area contributed by atoms with Crippen molar-refractivity contribution in [2.75, 3.05) is 0 Å². The SMILES string of the molecule is [C-]#[N+]C1=C(c2ccco2)N=C(C)C(C#N)[C@H]1C. The molecule has 4 heteroatoms. The van der Waals surface area contributed by atoms with Gasteiger partial charge in [-0.05, 0) is 19.1 Å². The normalized spacial score (nSPS) is 23.9. The standard InChI is InChI=1S/C13H11N3O/c1-8-10(7-14)9(2)16-13(12(8)15-3)11-5-4-6-17-11/h4-6,8,10H,1-2H3/t8-,10?/m1/s1. The fourth-order valence-corrected chi connectivity index (χ4v) is 1.99. The first-order valence-electron chi connectivity index (χ1n) is 5.29. The van der Waals surface area contributed by atoms with E-state index in [9.17, 15) is 0 Å². The topological polar surface area (TPSA) is 53.6 Å². The molecule has 0 N–H and O–H groups in total. The predicted molar refractivity (Wildman–Crippen MR) is 63.6 cm³/mol. The smallest absolute Gasteiger partial charge is 0.198 e. The van der Waals surface area contributed by atoms with Gasteiger partial charge in [0.15, 0.2) is 5.70 Å². The maximum Gasteiger partial charge on any atom is 0.198 e. The van der Waals surface area contributed by atoms with Gasteiger partial charge in [0.25, 0.3) is 0 Å². The Balaban J connectivity index is 2.58. The molecule has 2 atom stereocenters. The van der Waals surface area contributed by atoms with Crippen molar-refractivity contribution >= 4 is 11.4 Å². The highest BCUT2D eigenvalue weighted by atomic mass is 16.3. The van der Waals surface area contributed by atoms with Crippen molar-refractivity contribution in [1.82, 2.24) is 0 Å². The van der Waals surface area contributed by atoms with E-state index in [0.717, 1.165) is 5.71 Å². The predicted octanol–water partition coefficient (Wildman–Crippen LogP) is 3.12. The molecule has 0 aliphatic carbocycles. The second-order valence-corrected chi connectivity index (χ2v) is 3.97. The number of hydrogen-bond acceptors (Lipinski definition) is 3. The van der Waals surface area contributed by atoms with Crippen LogP contribution in [0, 0.1) is 29.7 Å². The van der Waals surface area contributed by atoms with Gasteiger partial charge in [0.05, 0.1) is 24.8 Å². The number of hydrogen-bond donors (Lipinski definition) is 0. The zero-order chi connectivity index (χ0) is 12.4. The molecule has 0 amide bonds. The number of aliphatic imine (C=N–C) groups is 1. The number of nitrogens with zero attached hydrogens (tertiary/aromatic N) is 3. The Hall–Kier alpha value is -2.33. The van der Waals surface area contributed by atoms with Crippen molar-refractivity contribution in [3.05, 3.63) is 41.3 Å². The number of nitriles is 1. The molecule has 0 radical (unpaired) electrons. The van der Waals surface area contributed by atoms with E-state index in [1.54, 1.807) is 18.4 Å². The molecule has 1 aromatic heterocycles. The average molecular weight is 225 g/mol. The Morgan fingerprint density at radius 2 is 2.35 bits per heavy atom. The molecule has 4 nitrogen and oxygen atoms in total. The van der Waals surface area contributed by atoms with E-state index in [0.29, 0.717) is 17.2 Å². The van der Waals surface area contributed by atoms with E-state index in [1.165, 1.54) is 0 Å². The van der Waals surface area contributed by atoms with E-state index in [-0.39, 0.29) is 11.8 Å². The minimum absolute atomic E-state index is 0.143. The molecule has 0 fully saturated rings. The molecule has 1 aliphatic heterocycles. The summed E-state index contributed by atoms with van der Waals surface area (Å²) >= 11 is 0. The first kappa shape index (κ1) is 11.2. The number of rotatable bonds is 1. The van der Waals surface area contributed by atoms with E-state index < -0.39 is 0 Å². The summed E-state index contributed by atoms with van der Waals surface area (Å²) in [5, 5.41) is 9.08. The lowest BCUT2D eigenvalue weighted by Gasteiger charge is -2.22. The zero-order valence-corrected chi connectivity index (χ0v) is 9.64. The Labute approximate surface area is 99.7 Å². The van der Waals surface area contributed by atoms with Crippen LogP contribution in [0.3, 0.4) is 0 Å². The summed E-state index contributed by atoms with van der Waals surface area (Å²) in [4.78, 5) is 7.86. The molecule has 1 aromatic rings. The Bertz CT molecular complexity index is 567. The van der Waals surface area contributed by atoms with Gasteiger partial charge in [0, 0.05) is 11.6 Å². The summed E-state index contributed by atoms with van der Waals surface area (Å²) in [6, 6.07) is 5.73. The van der Waals surface area contributed by atoms with Crippen LogP contribution in [-0.2, 0) is 0 Å². The van der Waals surface area contributed by atoms with E-state index in [1.807, 2.05) is 13.8 Å². The zero-order valence-electron chi connectivity index (χ0n) is 9.64. The lowest BCUT2D eigenvalue weighted by atomic mass is 9.85. The van der Waals surface area contributed by atoms with Crippen LogP contribution >= 0.6 is 0 Å². The first-order chi connectivity index (χ1) is 8.19. The van der Waals surface area contributed by atoms with Crippen molar-refractivity contribution in [2.45, 2.75) is 13.8 Å². The van der Waals surface area contributed by atoms with Crippen LogP contribution in [-0.4, -0.2) is 5.71 Å². The van der Waals surface area contributed by atoms with Gasteiger partial charge >= 0.3 is 0 Å². The first-order valence-corrected chi connectivity index (χ1v) is 5.29. The van der Waals surface area contributed by atoms with Crippen molar-refractivity contribution < 1.29 is 4.42 Å². The second-order valence-electron chi connectivity index (χ2n) is 3.97. The molecule has 0 spiro atoms. The summed E-state index contributed by atoms with van der Waals surface area (Å²) in [7, 11) is 0. The van der Waals surface area contributed by atoms with Gasteiger partial charge in [-0.25, -0.2) is 4.85 Å². The van der Waals surface area contributed by atoms with Crippen LogP contribution in [0.4, 0.5) is 0 Å². The molecule has 17 heavy (non-hydrogen) atoms. The molecular weight excluding hydrogens is 214 g/mol. The Morgan fingerprint density at radius 3 is 2.88 bits per heavy atom. The van der Waals surface area contributed by atoms with Gasteiger partial charge in [-0.3, -0.25) is 4.99 Å². The van der Waals surface area contributed by atoms with Crippen LogP contribution in [0.25, 0.3) is 10.5 Å². The Kier molecular flexibility index (Phi) is 2.80. The van der Waals surface area contributed by atoms with Crippen molar-refractivity contribution in [2.24, 2.45) is 16.8 Å². The van der Waals surface area contributed by atoms with Crippen molar-refractivity contribution in [3.8, 4) is 6.07 Å². The van der Waals surface area contributed by atoms with Crippen molar-refractivity contribution in [3.63, 3.8) is 0 Å². The summed E-state index contributed by atoms with van der Waals surface area (Å²) in [5.74, 6) is 0.117. The molecule has 0 aromatic carbocycles. The fourth-order valence-electron chi connectivity index (χ4n) is 1.99. The molecule has 2 rings (SSSR count). The molecule has 0 bridgehead atoms. The van der Waals surface area contributed by atoms with E-state index in [2.05, 4.69) is 15.9 Å².